The first-order chi connectivity index (χ1) is 8.29. The van der Waals surface area contributed by atoms with E-state index < -0.39 is 0 Å². The third-order valence-corrected chi connectivity index (χ3v) is 4.26. The molecule has 100 valence electrons. The second-order valence-electron chi connectivity index (χ2n) is 5.63. The van der Waals surface area contributed by atoms with Crippen molar-refractivity contribution in [2.24, 2.45) is 11.8 Å². The van der Waals surface area contributed by atoms with Gasteiger partial charge in [0.15, 0.2) is 0 Å². The fourth-order valence-electron chi connectivity index (χ4n) is 3.16. The highest BCUT2D eigenvalue weighted by molar-refractivity contribution is 4.90. The van der Waals surface area contributed by atoms with E-state index in [0.29, 0.717) is 11.8 Å². The molecule has 1 N–H and O–H groups in total. The van der Waals surface area contributed by atoms with Gasteiger partial charge in [-0.3, -0.25) is 0 Å². The van der Waals surface area contributed by atoms with Crippen molar-refractivity contribution in [3.63, 3.8) is 0 Å². The maximum absolute atomic E-state index is 10.3. The van der Waals surface area contributed by atoms with Crippen LogP contribution in [0.1, 0.15) is 71.1 Å². The lowest BCUT2D eigenvalue weighted by atomic mass is 9.76. The molecule has 1 saturated carbocycles. The zero-order valence-corrected chi connectivity index (χ0v) is 11.5. The molecule has 0 radical (unpaired) electrons. The van der Waals surface area contributed by atoms with Gasteiger partial charge in [0.2, 0.25) is 0 Å². The quantitative estimate of drug-likeness (QED) is 0.480. The zero-order chi connectivity index (χ0) is 12.5. The minimum absolute atomic E-state index is 0.146. The number of unbranched alkanes of at least 4 members (excludes halogenated alkanes) is 3. The molecule has 0 heterocycles. The second kappa shape index (κ2) is 8.74. The van der Waals surface area contributed by atoms with Crippen LogP contribution in [0.3, 0.4) is 0 Å². The Morgan fingerprint density at radius 1 is 1.18 bits per heavy atom. The van der Waals surface area contributed by atoms with Gasteiger partial charge in [-0.1, -0.05) is 57.9 Å². The van der Waals surface area contributed by atoms with Crippen molar-refractivity contribution in [3.8, 4) is 0 Å². The molecule has 0 unspecified atom stereocenters. The van der Waals surface area contributed by atoms with Crippen molar-refractivity contribution < 1.29 is 5.11 Å². The van der Waals surface area contributed by atoms with E-state index >= 15 is 0 Å². The van der Waals surface area contributed by atoms with Crippen LogP contribution in [0.5, 0.6) is 0 Å². The first kappa shape index (κ1) is 14.8. The van der Waals surface area contributed by atoms with Gasteiger partial charge in [0.1, 0.15) is 0 Å². The van der Waals surface area contributed by atoms with Gasteiger partial charge in [-0.05, 0) is 25.2 Å². The maximum Gasteiger partial charge on any atom is 0.0605 e. The van der Waals surface area contributed by atoms with Crippen LogP contribution in [-0.2, 0) is 0 Å². The van der Waals surface area contributed by atoms with Crippen molar-refractivity contribution in [2.45, 2.75) is 77.2 Å². The molecule has 0 bridgehead atoms. The van der Waals surface area contributed by atoms with Gasteiger partial charge in [-0.15, -0.1) is 6.58 Å². The van der Waals surface area contributed by atoms with E-state index in [1.165, 1.54) is 57.8 Å². The van der Waals surface area contributed by atoms with Gasteiger partial charge in [0, 0.05) is 5.92 Å². The van der Waals surface area contributed by atoms with E-state index in [2.05, 4.69) is 13.5 Å². The third-order valence-electron chi connectivity index (χ3n) is 4.26. The van der Waals surface area contributed by atoms with Crippen LogP contribution in [0, 0.1) is 11.8 Å². The lowest BCUT2D eigenvalue weighted by Gasteiger charge is -2.31. The lowest BCUT2D eigenvalue weighted by molar-refractivity contribution is 0.0756. The predicted molar refractivity (Wildman–Crippen MR) is 75.0 cm³/mol. The van der Waals surface area contributed by atoms with Crippen LogP contribution in [0.15, 0.2) is 12.7 Å². The summed E-state index contributed by atoms with van der Waals surface area (Å²) in [7, 11) is 0. The van der Waals surface area contributed by atoms with Crippen molar-refractivity contribution in [3.05, 3.63) is 12.7 Å². The van der Waals surface area contributed by atoms with Crippen molar-refractivity contribution >= 4 is 0 Å². The Morgan fingerprint density at radius 3 is 2.47 bits per heavy atom. The standard InChI is InChI=1S/C16H30O/c1-3-5-6-10-13-16(17)15(4-2)14-11-8-7-9-12-14/h4,14-17H,2-3,5-13H2,1H3/t15-,16+/m0/s1. The van der Waals surface area contributed by atoms with Crippen LogP contribution in [-0.4, -0.2) is 11.2 Å². The Labute approximate surface area is 107 Å². The first-order valence-electron chi connectivity index (χ1n) is 7.60. The smallest absolute Gasteiger partial charge is 0.0605 e. The summed E-state index contributed by atoms with van der Waals surface area (Å²) in [6, 6.07) is 0. The SMILES string of the molecule is C=C[C@@H](C1CCCCC1)[C@H](O)CCCCCC. The van der Waals surface area contributed by atoms with Crippen LogP contribution in [0.2, 0.25) is 0 Å². The van der Waals surface area contributed by atoms with Gasteiger partial charge in [-0.2, -0.15) is 0 Å². The molecular formula is C16H30O. The van der Waals surface area contributed by atoms with E-state index in [0.717, 1.165) is 6.42 Å². The monoisotopic (exact) mass is 238 g/mol. The Bertz CT molecular complexity index is 194. The second-order valence-corrected chi connectivity index (χ2v) is 5.63. The minimum atomic E-state index is -0.146. The van der Waals surface area contributed by atoms with Crippen LogP contribution < -0.4 is 0 Å². The number of aliphatic hydroxyl groups excluding tert-OH is 1. The predicted octanol–water partition coefficient (Wildman–Crippen LogP) is 4.70. The van der Waals surface area contributed by atoms with Gasteiger partial charge < -0.3 is 5.11 Å². The summed E-state index contributed by atoms with van der Waals surface area (Å²) in [6.45, 7) is 6.17. The molecule has 0 aliphatic heterocycles. The number of hydrogen-bond donors (Lipinski definition) is 1. The van der Waals surface area contributed by atoms with Gasteiger partial charge >= 0.3 is 0 Å². The highest BCUT2D eigenvalue weighted by Crippen LogP contribution is 2.33. The van der Waals surface area contributed by atoms with E-state index in [1.54, 1.807) is 0 Å². The van der Waals surface area contributed by atoms with Crippen molar-refractivity contribution in [2.75, 3.05) is 0 Å². The number of rotatable bonds is 8. The summed E-state index contributed by atoms with van der Waals surface area (Å²) in [6.07, 6.45) is 14.5. The molecule has 2 atom stereocenters. The van der Waals surface area contributed by atoms with E-state index in [4.69, 9.17) is 0 Å². The van der Waals surface area contributed by atoms with Crippen LogP contribution in [0.4, 0.5) is 0 Å². The molecular weight excluding hydrogens is 208 g/mol. The van der Waals surface area contributed by atoms with Crippen LogP contribution >= 0.6 is 0 Å². The Kier molecular flexibility index (Phi) is 7.59. The van der Waals surface area contributed by atoms with Gasteiger partial charge in [0.05, 0.1) is 6.10 Å². The molecule has 0 amide bonds. The summed E-state index contributed by atoms with van der Waals surface area (Å²) in [5, 5.41) is 10.3. The van der Waals surface area contributed by atoms with E-state index in [9.17, 15) is 5.11 Å². The largest absolute Gasteiger partial charge is 0.393 e. The Morgan fingerprint density at radius 2 is 1.88 bits per heavy atom. The molecule has 1 heteroatoms. The Balaban J connectivity index is 2.29. The zero-order valence-electron chi connectivity index (χ0n) is 11.5. The van der Waals surface area contributed by atoms with Crippen molar-refractivity contribution in [1.82, 2.24) is 0 Å². The summed E-state index contributed by atoms with van der Waals surface area (Å²) in [5.74, 6) is 1.04. The molecule has 1 nitrogen and oxygen atoms in total. The van der Waals surface area contributed by atoms with Gasteiger partial charge in [0.25, 0.3) is 0 Å². The topological polar surface area (TPSA) is 20.2 Å². The molecule has 1 rings (SSSR count). The lowest BCUT2D eigenvalue weighted by Crippen LogP contribution is -2.27. The van der Waals surface area contributed by atoms with Crippen molar-refractivity contribution in [1.29, 1.82) is 0 Å². The summed E-state index contributed by atoms with van der Waals surface area (Å²) < 4.78 is 0. The highest BCUT2D eigenvalue weighted by atomic mass is 16.3. The molecule has 0 aromatic carbocycles. The van der Waals surface area contributed by atoms with Crippen LogP contribution in [0.25, 0.3) is 0 Å². The van der Waals surface area contributed by atoms with E-state index in [1.807, 2.05) is 6.08 Å². The fourth-order valence-corrected chi connectivity index (χ4v) is 3.16. The third kappa shape index (κ3) is 5.25. The van der Waals surface area contributed by atoms with Gasteiger partial charge in [-0.25, -0.2) is 0 Å². The molecule has 17 heavy (non-hydrogen) atoms. The number of hydrogen-bond acceptors (Lipinski definition) is 1. The molecule has 1 aliphatic rings. The summed E-state index contributed by atoms with van der Waals surface area (Å²) >= 11 is 0. The molecule has 1 fully saturated rings. The maximum atomic E-state index is 10.3. The molecule has 1 aliphatic carbocycles. The average Bonchev–Trinajstić information content (AvgIpc) is 2.37. The highest BCUT2D eigenvalue weighted by Gasteiger charge is 2.26. The normalized spacial score (nSPS) is 21.1. The first-order valence-corrected chi connectivity index (χ1v) is 7.60. The Hall–Kier alpha value is -0.300. The molecule has 0 aromatic rings. The molecule has 0 saturated heterocycles. The number of aliphatic hydroxyl groups is 1. The molecule has 0 aromatic heterocycles. The summed E-state index contributed by atoms with van der Waals surface area (Å²) in [4.78, 5) is 0. The fraction of sp³-hybridized carbons (Fsp3) is 0.875. The van der Waals surface area contributed by atoms with E-state index in [-0.39, 0.29) is 6.10 Å². The summed E-state index contributed by atoms with van der Waals surface area (Å²) in [5.41, 5.74) is 0. The average molecular weight is 238 g/mol. The minimum Gasteiger partial charge on any atom is -0.393 e. The molecule has 0 spiro atoms.